The second-order valence-electron chi connectivity index (χ2n) is 7.04. The number of carbonyl (C=O) groups excluding carboxylic acids is 2. The molecule has 0 aliphatic heterocycles. The Labute approximate surface area is 175 Å². The Morgan fingerprint density at radius 2 is 1.90 bits per heavy atom. The molecule has 8 nitrogen and oxygen atoms in total. The molecule has 0 atom stereocenters. The quantitative estimate of drug-likeness (QED) is 0.349. The summed E-state index contributed by atoms with van der Waals surface area (Å²) in [7, 11) is 1.62. The number of ether oxygens (including phenoxy) is 1. The number of carbonyl (C=O) groups is 2. The molecule has 0 fully saturated rings. The number of fused-ring (bicyclic) bond motifs is 3. The smallest absolute Gasteiger partial charge is 0.306 e. The fourth-order valence-electron chi connectivity index (χ4n) is 3.46. The zero-order chi connectivity index (χ0) is 21.4. The Balaban J connectivity index is 1.49. The maximum absolute atomic E-state index is 12.5. The van der Waals surface area contributed by atoms with Crippen LogP contribution in [0.5, 0.6) is 0 Å². The second kappa shape index (κ2) is 7.83. The summed E-state index contributed by atoms with van der Waals surface area (Å²) in [5, 5.41) is 8.67. The summed E-state index contributed by atoms with van der Waals surface area (Å²) in [6, 6.07) is 8.98. The standard InChI is InChI=1S/C21H20N4O4S/c1-12-10-15(13(2)30-12)17(26)8-9-19(27)29-11-18-22-23-21-24(3)20(28)14-6-4-5-7-16(14)25(18)21/h4-7,10H,8-9,11H2,1-3H3. The van der Waals surface area contributed by atoms with Gasteiger partial charge < -0.3 is 4.74 Å². The van der Waals surface area contributed by atoms with Gasteiger partial charge in [-0.05, 0) is 32.0 Å². The first-order valence-electron chi connectivity index (χ1n) is 9.44. The molecule has 0 amide bonds. The Kier molecular flexibility index (Phi) is 5.21. The monoisotopic (exact) mass is 424 g/mol. The minimum Gasteiger partial charge on any atom is -0.457 e. The van der Waals surface area contributed by atoms with Crippen LogP contribution in [0.1, 0.15) is 38.8 Å². The molecule has 0 saturated heterocycles. The third kappa shape index (κ3) is 3.52. The first kappa shape index (κ1) is 20.0. The van der Waals surface area contributed by atoms with Gasteiger partial charge in [-0.2, -0.15) is 0 Å². The summed E-state index contributed by atoms with van der Waals surface area (Å²) in [5.74, 6) is 0.213. The highest BCUT2D eigenvalue weighted by atomic mass is 32.1. The number of aromatic nitrogens is 4. The van der Waals surface area contributed by atoms with E-state index < -0.39 is 5.97 Å². The number of hydrogen-bond acceptors (Lipinski definition) is 7. The van der Waals surface area contributed by atoms with Crippen LogP contribution in [-0.4, -0.2) is 30.9 Å². The third-order valence-corrected chi connectivity index (χ3v) is 5.92. The van der Waals surface area contributed by atoms with Gasteiger partial charge in [0.1, 0.15) is 0 Å². The number of ketones is 1. The van der Waals surface area contributed by atoms with Gasteiger partial charge in [-0.25, -0.2) is 0 Å². The Hall–Kier alpha value is -3.33. The number of esters is 1. The van der Waals surface area contributed by atoms with E-state index in [4.69, 9.17) is 4.74 Å². The second-order valence-corrected chi connectivity index (χ2v) is 8.50. The Morgan fingerprint density at radius 1 is 1.13 bits per heavy atom. The molecule has 3 aromatic heterocycles. The molecule has 0 radical (unpaired) electrons. The number of rotatable bonds is 6. The van der Waals surface area contributed by atoms with Gasteiger partial charge >= 0.3 is 5.97 Å². The molecule has 0 N–H and O–H groups in total. The molecule has 9 heteroatoms. The van der Waals surface area contributed by atoms with Gasteiger partial charge in [0.05, 0.1) is 17.3 Å². The zero-order valence-corrected chi connectivity index (χ0v) is 17.7. The first-order valence-corrected chi connectivity index (χ1v) is 10.3. The van der Waals surface area contributed by atoms with E-state index in [9.17, 15) is 14.4 Å². The minimum atomic E-state index is -0.487. The van der Waals surface area contributed by atoms with E-state index in [1.807, 2.05) is 26.0 Å². The predicted octanol–water partition coefficient (Wildman–Crippen LogP) is 2.97. The van der Waals surface area contributed by atoms with Crippen molar-refractivity contribution in [3.05, 3.63) is 61.8 Å². The molecule has 0 aliphatic rings. The lowest BCUT2D eigenvalue weighted by Gasteiger charge is -2.08. The molecule has 154 valence electrons. The van der Waals surface area contributed by atoms with E-state index in [2.05, 4.69) is 10.2 Å². The predicted molar refractivity (Wildman–Crippen MR) is 113 cm³/mol. The third-order valence-electron chi connectivity index (χ3n) is 4.95. The molecular weight excluding hydrogens is 404 g/mol. The van der Waals surface area contributed by atoms with E-state index in [1.54, 1.807) is 41.0 Å². The van der Waals surface area contributed by atoms with Gasteiger partial charge in [0, 0.05) is 28.8 Å². The van der Waals surface area contributed by atoms with Crippen LogP contribution in [0.2, 0.25) is 0 Å². The van der Waals surface area contributed by atoms with Crippen molar-refractivity contribution in [2.24, 2.45) is 7.05 Å². The fourth-order valence-corrected chi connectivity index (χ4v) is 4.40. The van der Waals surface area contributed by atoms with Crippen LogP contribution in [0.4, 0.5) is 0 Å². The van der Waals surface area contributed by atoms with Gasteiger partial charge in [0.15, 0.2) is 18.2 Å². The van der Waals surface area contributed by atoms with Crippen LogP contribution in [0.25, 0.3) is 16.7 Å². The molecule has 3 heterocycles. The summed E-state index contributed by atoms with van der Waals surface area (Å²) in [4.78, 5) is 39.0. The first-order chi connectivity index (χ1) is 14.4. The molecule has 4 rings (SSSR count). The van der Waals surface area contributed by atoms with E-state index >= 15 is 0 Å². The van der Waals surface area contributed by atoms with Crippen molar-refractivity contribution in [1.82, 2.24) is 19.2 Å². The Morgan fingerprint density at radius 3 is 2.63 bits per heavy atom. The summed E-state index contributed by atoms with van der Waals surface area (Å²) in [6.45, 7) is 3.75. The van der Waals surface area contributed by atoms with Crippen molar-refractivity contribution in [3.8, 4) is 0 Å². The molecule has 0 unspecified atom stereocenters. The number of nitrogens with zero attached hydrogens (tertiary/aromatic N) is 4. The van der Waals surface area contributed by atoms with Gasteiger partial charge in [0.25, 0.3) is 5.56 Å². The summed E-state index contributed by atoms with van der Waals surface area (Å²) in [6.07, 6.45) is 0.0804. The maximum atomic E-state index is 12.5. The van der Waals surface area contributed by atoms with E-state index in [0.717, 1.165) is 9.75 Å². The van der Waals surface area contributed by atoms with Crippen LogP contribution < -0.4 is 5.56 Å². The highest BCUT2D eigenvalue weighted by Crippen LogP contribution is 2.22. The van der Waals surface area contributed by atoms with Crippen LogP contribution >= 0.6 is 11.3 Å². The molecule has 1 aromatic carbocycles. The molecular formula is C21H20N4O4S. The molecule has 0 spiro atoms. The number of benzene rings is 1. The van der Waals surface area contributed by atoms with Crippen molar-refractivity contribution < 1.29 is 14.3 Å². The zero-order valence-electron chi connectivity index (χ0n) is 16.8. The number of Topliss-reactive ketones (excluding diaryl/α,β-unsaturated/α-hetero) is 1. The van der Waals surface area contributed by atoms with Crippen molar-refractivity contribution in [3.63, 3.8) is 0 Å². The van der Waals surface area contributed by atoms with Crippen LogP contribution in [0.15, 0.2) is 35.1 Å². The minimum absolute atomic E-state index is 0.0108. The Bertz CT molecular complexity index is 1350. The van der Waals surface area contributed by atoms with Crippen molar-refractivity contribution in [1.29, 1.82) is 0 Å². The lowest BCUT2D eigenvalue weighted by Crippen LogP contribution is -2.20. The van der Waals surface area contributed by atoms with Crippen LogP contribution in [0.3, 0.4) is 0 Å². The lowest BCUT2D eigenvalue weighted by atomic mass is 10.1. The van der Waals surface area contributed by atoms with Gasteiger partial charge in [-0.3, -0.25) is 23.4 Å². The van der Waals surface area contributed by atoms with Crippen molar-refractivity contribution >= 4 is 39.8 Å². The maximum Gasteiger partial charge on any atom is 0.306 e. The van der Waals surface area contributed by atoms with Crippen molar-refractivity contribution in [2.75, 3.05) is 0 Å². The van der Waals surface area contributed by atoms with E-state index in [0.29, 0.717) is 28.1 Å². The molecule has 4 aromatic rings. The van der Waals surface area contributed by atoms with Crippen LogP contribution in [-0.2, 0) is 23.2 Å². The highest BCUT2D eigenvalue weighted by Gasteiger charge is 2.17. The average Bonchev–Trinajstić information content (AvgIpc) is 3.31. The molecule has 0 bridgehead atoms. The summed E-state index contributed by atoms with van der Waals surface area (Å²) < 4.78 is 8.44. The topological polar surface area (TPSA) is 95.6 Å². The normalized spacial score (nSPS) is 11.3. The average molecular weight is 424 g/mol. The van der Waals surface area contributed by atoms with E-state index in [1.165, 1.54) is 4.57 Å². The molecule has 0 aliphatic carbocycles. The SMILES string of the molecule is Cc1cc(C(=O)CCC(=O)OCc2nnc3n(C)c(=O)c4ccccc4n23)c(C)s1. The summed E-state index contributed by atoms with van der Waals surface area (Å²) >= 11 is 1.57. The fraction of sp³-hybridized carbons (Fsp3) is 0.286. The van der Waals surface area contributed by atoms with Gasteiger partial charge in [-0.15, -0.1) is 21.5 Å². The van der Waals surface area contributed by atoms with E-state index in [-0.39, 0.29) is 30.8 Å². The largest absolute Gasteiger partial charge is 0.457 e. The number of thiophene rings is 1. The molecule has 30 heavy (non-hydrogen) atoms. The van der Waals surface area contributed by atoms with Gasteiger partial charge in [0.2, 0.25) is 5.78 Å². The highest BCUT2D eigenvalue weighted by molar-refractivity contribution is 7.12. The van der Waals surface area contributed by atoms with Crippen LogP contribution in [0, 0.1) is 13.8 Å². The van der Waals surface area contributed by atoms with Gasteiger partial charge in [-0.1, -0.05) is 12.1 Å². The number of hydrogen-bond donors (Lipinski definition) is 0. The molecule has 0 saturated carbocycles. The van der Waals surface area contributed by atoms with Crippen molar-refractivity contribution in [2.45, 2.75) is 33.3 Å². The lowest BCUT2D eigenvalue weighted by molar-refractivity contribution is -0.145. The number of para-hydroxylation sites is 1. The number of aryl methyl sites for hydroxylation is 3. The summed E-state index contributed by atoms with van der Waals surface area (Å²) in [5.41, 5.74) is 1.14.